The van der Waals surface area contributed by atoms with Crippen molar-refractivity contribution in [3.05, 3.63) is 0 Å². The lowest BCUT2D eigenvalue weighted by Crippen LogP contribution is -2.42. The van der Waals surface area contributed by atoms with Crippen LogP contribution in [0.1, 0.15) is 166 Å². The van der Waals surface area contributed by atoms with Gasteiger partial charge in [0.25, 0.3) is 0 Å². The van der Waals surface area contributed by atoms with Crippen molar-refractivity contribution < 1.29 is 5.11 Å². The van der Waals surface area contributed by atoms with Crippen molar-refractivity contribution in [2.24, 2.45) is 44.8 Å². The predicted molar refractivity (Wildman–Crippen MR) is 156 cm³/mol. The minimum Gasteiger partial charge on any atom is -0.393 e. The van der Waals surface area contributed by atoms with E-state index in [1.807, 2.05) is 0 Å². The lowest BCUT2D eigenvalue weighted by molar-refractivity contribution is -0.0145. The number of rotatable bonds is 13. The van der Waals surface area contributed by atoms with Gasteiger partial charge in [0.1, 0.15) is 0 Å². The third-order valence-corrected chi connectivity index (χ3v) is 12.3. The highest BCUT2D eigenvalue weighted by molar-refractivity contribution is 5.05. The molecule has 208 valence electrons. The van der Waals surface area contributed by atoms with Crippen molar-refractivity contribution in [2.75, 3.05) is 0 Å². The summed E-state index contributed by atoms with van der Waals surface area (Å²) in [6.45, 7) is 26.8. The van der Waals surface area contributed by atoms with Crippen LogP contribution >= 0.6 is 0 Å². The monoisotopic (exact) mass is 491 g/mol. The van der Waals surface area contributed by atoms with E-state index >= 15 is 0 Å². The van der Waals surface area contributed by atoms with Gasteiger partial charge in [0, 0.05) is 0 Å². The van der Waals surface area contributed by atoms with Gasteiger partial charge in [-0.1, -0.05) is 95.4 Å². The summed E-state index contributed by atoms with van der Waals surface area (Å²) in [6, 6.07) is 0. The zero-order valence-corrected chi connectivity index (χ0v) is 26.2. The lowest BCUT2D eigenvalue weighted by Gasteiger charge is -2.51. The Kier molecular flexibility index (Phi) is 10.5. The summed E-state index contributed by atoms with van der Waals surface area (Å²) in [5, 5.41) is 10.9. The molecule has 35 heavy (non-hydrogen) atoms. The molecule has 0 heterocycles. The minimum absolute atomic E-state index is 0.0289. The summed E-state index contributed by atoms with van der Waals surface area (Å²) >= 11 is 0. The van der Waals surface area contributed by atoms with Crippen molar-refractivity contribution in [3.63, 3.8) is 0 Å². The van der Waals surface area contributed by atoms with Crippen molar-refractivity contribution in [1.29, 1.82) is 0 Å². The molecule has 0 aromatic carbocycles. The summed E-state index contributed by atoms with van der Waals surface area (Å²) < 4.78 is 0. The van der Waals surface area contributed by atoms with Gasteiger partial charge in [-0.15, -0.1) is 0 Å². The highest BCUT2D eigenvalue weighted by atomic mass is 16.3. The quantitative estimate of drug-likeness (QED) is 0.272. The van der Waals surface area contributed by atoms with Gasteiger partial charge >= 0.3 is 0 Å². The molecule has 2 rings (SSSR count). The first-order chi connectivity index (χ1) is 16.1. The number of fused-ring (bicyclic) bond motifs is 1. The molecule has 2 aliphatic rings. The van der Waals surface area contributed by atoms with Crippen LogP contribution in [0.5, 0.6) is 0 Å². The molecular weight excluding hydrogens is 424 g/mol. The van der Waals surface area contributed by atoms with E-state index in [0.29, 0.717) is 21.7 Å². The standard InChI is InChI=1S/C34H66O/c1-12-15-19-33(11,21-18-29(35)31(8,9)13-2)26(4)16-20-32(10)23-24-34(14-3)22-17-27(28(34)25-32)30(5,6)7/h26-29,35H,12-25H2,1-11H3. The van der Waals surface area contributed by atoms with Crippen LogP contribution in [-0.2, 0) is 0 Å². The number of hydrogen-bond donors (Lipinski definition) is 1. The molecule has 1 nitrogen and oxygen atoms in total. The van der Waals surface area contributed by atoms with Crippen molar-refractivity contribution >= 4 is 0 Å². The Morgan fingerprint density at radius 1 is 0.914 bits per heavy atom. The first-order valence-electron chi connectivity index (χ1n) is 15.8. The fraction of sp³-hybridized carbons (Fsp3) is 1.00. The molecule has 1 heteroatoms. The SMILES string of the molecule is CCCCC(C)(CCC(O)C(C)(C)CC)C(C)CCC1(C)CCC2(CC)CCC(C(C)(C)C)C2C1. The Morgan fingerprint density at radius 3 is 2.11 bits per heavy atom. The van der Waals surface area contributed by atoms with E-state index in [2.05, 4.69) is 76.2 Å². The molecule has 0 aliphatic heterocycles. The first kappa shape index (κ1) is 31.2. The van der Waals surface area contributed by atoms with E-state index in [-0.39, 0.29) is 11.5 Å². The Bertz CT molecular complexity index is 643. The van der Waals surface area contributed by atoms with Crippen LogP contribution < -0.4 is 0 Å². The molecule has 7 atom stereocenters. The van der Waals surface area contributed by atoms with Crippen LogP contribution in [0.2, 0.25) is 0 Å². The van der Waals surface area contributed by atoms with E-state index < -0.39 is 0 Å². The summed E-state index contributed by atoms with van der Waals surface area (Å²) in [4.78, 5) is 0. The highest BCUT2D eigenvalue weighted by Gasteiger charge is 2.55. The maximum absolute atomic E-state index is 10.9. The second kappa shape index (κ2) is 11.8. The Morgan fingerprint density at radius 2 is 1.57 bits per heavy atom. The zero-order valence-electron chi connectivity index (χ0n) is 26.2. The maximum Gasteiger partial charge on any atom is 0.0591 e. The van der Waals surface area contributed by atoms with Gasteiger partial charge in [0.15, 0.2) is 0 Å². The Hall–Kier alpha value is -0.0400. The van der Waals surface area contributed by atoms with Gasteiger partial charge in [0.05, 0.1) is 6.10 Å². The number of aliphatic hydroxyl groups is 1. The van der Waals surface area contributed by atoms with Gasteiger partial charge in [-0.05, 0) is 115 Å². The van der Waals surface area contributed by atoms with Crippen LogP contribution in [0.4, 0.5) is 0 Å². The molecule has 0 spiro atoms. The van der Waals surface area contributed by atoms with Gasteiger partial charge in [-0.2, -0.15) is 0 Å². The molecule has 0 amide bonds. The van der Waals surface area contributed by atoms with Crippen LogP contribution in [0.3, 0.4) is 0 Å². The van der Waals surface area contributed by atoms with Crippen LogP contribution in [-0.4, -0.2) is 11.2 Å². The molecule has 7 unspecified atom stereocenters. The zero-order chi connectivity index (χ0) is 26.7. The third kappa shape index (κ3) is 7.29. The molecule has 0 radical (unpaired) electrons. The molecule has 2 fully saturated rings. The normalized spacial score (nSPS) is 33.3. The van der Waals surface area contributed by atoms with Crippen molar-refractivity contribution in [1.82, 2.24) is 0 Å². The summed E-state index contributed by atoms with van der Waals surface area (Å²) in [5.41, 5.74) is 1.97. The molecule has 0 aromatic heterocycles. The third-order valence-electron chi connectivity index (χ3n) is 12.3. The molecule has 0 bridgehead atoms. The second-order valence-corrected chi connectivity index (χ2v) is 15.9. The van der Waals surface area contributed by atoms with Crippen LogP contribution in [0.15, 0.2) is 0 Å². The van der Waals surface area contributed by atoms with E-state index in [9.17, 15) is 5.11 Å². The number of unbranched alkanes of at least 4 members (excludes halogenated alkanes) is 1. The van der Waals surface area contributed by atoms with Crippen LogP contribution in [0, 0.1) is 44.8 Å². The number of hydrogen-bond acceptors (Lipinski definition) is 1. The fourth-order valence-electron chi connectivity index (χ4n) is 8.19. The van der Waals surface area contributed by atoms with Crippen molar-refractivity contribution in [3.8, 4) is 0 Å². The predicted octanol–water partition coefficient (Wildman–Crippen LogP) is 10.8. The highest BCUT2D eigenvalue weighted by Crippen LogP contribution is 2.64. The lowest BCUT2D eigenvalue weighted by atomic mass is 9.54. The number of aliphatic hydroxyl groups excluding tert-OH is 1. The van der Waals surface area contributed by atoms with E-state index in [4.69, 9.17) is 0 Å². The molecular formula is C34H66O. The summed E-state index contributed by atoms with van der Waals surface area (Å²) in [6.07, 6.45) is 18.3. The summed E-state index contributed by atoms with van der Waals surface area (Å²) in [7, 11) is 0. The molecule has 2 aliphatic carbocycles. The molecule has 0 aromatic rings. The maximum atomic E-state index is 10.9. The van der Waals surface area contributed by atoms with Crippen molar-refractivity contribution in [2.45, 2.75) is 172 Å². The average molecular weight is 491 g/mol. The summed E-state index contributed by atoms with van der Waals surface area (Å²) in [5.74, 6) is 2.56. The van der Waals surface area contributed by atoms with Gasteiger partial charge in [-0.25, -0.2) is 0 Å². The van der Waals surface area contributed by atoms with Gasteiger partial charge < -0.3 is 5.11 Å². The van der Waals surface area contributed by atoms with Gasteiger partial charge in [-0.3, -0.25) is 0 Å². The topological polar surface area (TPSA) is 20.2 Å². The fourth-order valence-corrected chi connectivity index (χ4v) is 8.19. The smallest absolute Gasteiger partial charge is 0.0591 e. The first-order valence-corrected chi connectivity index (χ1v) is 15.8. The Labute approximate surface area is 222 Å². The van der Waals surface area contributed by atoms with Gasteiger partial charge in [0.2, 0.25) is 0 Å². The largest absolute Gasteiger partial charge is 0.393 e. The molecule has 2 saturated carbocycles. The van der Waals surface area contributed by atoms with Crippen LogP contribution in [0.25, 0.3) is 0 Å². The molecule has 0 saturated heterocycles. The van der Waals surface area contributed by atoms with E-state index in [0.717, 1.165) is 30.6 Å². The Balaban J connectivity index is 2.08. The molecule has 1 N–H and O–H groups in total. The average Bonchev–Trinajstić information content (AvgIpc) is 3.18. The minimum atomic E-state index is -0.185. The second-order valence-electron chi connectivity index (χ2n) is 15.9. The van der Waals surface area contributed by atoms with E-state index in [1.54, 1.807) is 0 Å². The van der Waals surface area contributed by atoms with E-state index in [1.165, 1.54) is 77.0 Å².